The number of carbonyl (C=O) groups is 2. The Morgan fingerprint density at radius 2 is 1.87 bits per heavy atom. The molecule has 1 amide bonds. The fraction of sp³-hybridized carbons (Fsp3) is 0.412. The predicted octanol–water partition coefficient (Wildman–Crippen LogP) is 2.04. The highest BCUT2D eigenvalue weighted by Gasteiger charge is 2.27. The van der Waals surface area contributed by atoms with E-state index >= 15 is 0 Å². The Kier molecular flexibility index (Phi) is 5.62. The molecule has 1 atom stereocenters. The van der Waals surface area contributed by atoms with E-state index in [1.807, 2.05) is 0 Å². The fourth-order valence-electron chi connectivity index (χ4n) is 2.58. The summed E-state index contributed by atoms with van der Waals surface area (Å²) in [6.07, 6.45) is 4.47. The zero-order valence-electron chi connectivity index (χ0n) is 13.3. The van der Waals surface area contributed by atoms with E-state index in [4.69, 9.17) is 14.6 Å². The molecule has 1 fully saturated rings. The van der Waals surface area contributed by atoms with Crippen molar-refractivity contribution in [3.63, 3.8) is 0 Å². The Balaban J connectivity index is 2.07. The Labute approximate surface area is 135 Å². The fourth-order valence-corrected chi connectivity index (χ4v) is 2.58. The van der Waals surface area contributed by atoms with Crippen LogP contribution in [0.1, 0.15) is 18.4 Å². The van der Waals surface area contributed by atoms with Crippen LogP contribution in [0.3, 0.4) is 0 Å². The lowest BCUT2D eigenvalue weighted by Gasteiger charge is -2.29. The molecule has 1 heterocycles. The normalized spacial score (nSPS) is 18.0. The van der Waals surface area contributed by atoms with E-state index in [9.17, 15) is 9.59 Å². The molecule has 0 saturated carbocycles. The largest absolute Gasteiger partial charge is 0.497 e. The second-order valence-corrected chi connectivity index (χ2v) is 5.44. The number of nitrogens with zero attached hydrogens (tertiary/aromatic N) is 1. The number of likely N-dealkylation sites (tertiary alicyclic amines) is 1. The number of amides is 1. The Morgan fingerprint density at radius 1 is 1.22 bits per heavy atom. The molecule has 0 aliphatic carbocycles. The molecule has 1 aromatic rings. The van der Waals surface area contributed by atoms with Crippen LogP contribution in [0.25, 0.3) is 6.08 Å². The van der Waals surface area contributed by atoms with Gasteiger partial charge >= 0.3 is 5.97 Å². The van der Waals surface area contributed by atoms with E-state index in [2.05, 4.69) is 0 Å². The van der Waals surface area contributed by atoms with E-state index in [1.54, 1.807) is 43.4 Å². The van der Waals surface area contributed by atoms with Crippen LogP contribution in [0.5, 0.6) is 11.5 Å². The first-order valence-electron chi connectivity index (χ1n) is 7.46. The van der Waals surface area contributed by atoms with Gasteiger partial charge in [-0.1, -0.05) is 0 Å². The maximum Gasteiger partial charge on any atom is 0.308 e. The molecule has 1 aliphatic rings. The molecule has 124 valence electrons. The van der Waals surface area contributed by atoms with Gasteiger partial charge in [0.15, 0.2) is 0 Å². The van der Waals surface area contributed by atoms with Crippen molar-refractivity contribution in [2.24, 2.45) is 5.92 Å². The molecule has 6 heteroatoms. The molecule has 1 unspecified atom stereocenters. The summed E-state index contributed by atoms with van der Waals surface area (Å²) in [5, 5.41) is 9.08. The molecule has 1 N–H and O–H groups in total. The molecule has 0 bridgehead atoms. The maximum atomic E-state index is 12.2. The van der Waals surface area contributed by atoms with Gasteiger partial charge in [-0.25, -0.2) is 0 Å². The Bertz CT molecular complexity index is 589. The number of benzene rings is 1. The molecule has 0 spiro atoms. The number of rotatable bonds is 5. The monoisotopic (exact) mass is 319 g/mol. The lowest BCUT2D eigenvalue weighted by Crippen LogP contribution is -2.41. The molecular formula is C17H21NO5. The number of carboxylic acids is 1. The summed E-state index contributed by atoms with van der Waals surface area (Å²) < 4.78 is 10.4. The summed E-state index contributed by atoms with van der Waals surface area (Å²) in [6.45, 7) is 0.855. The molecule has 0 aromatic heterocycles. The van der Waals surface area contributed by atoms with Crippen LogP contribution in [-0.2, 0) is 9.59 Å². The average Bonchev–Trinajstić information content (AvgIpc) is 2.59. The second kappa shape index (κ2) is 7.67. The minimum atomic E-state index is -0.844. The first kappa shape index (κ1) is 16.9. The van der Waals surface area contributed by atoms with Crippen LogP contribution in [0.2, 0.25) is 0 Å². The van der Waals surface area contributed by atoms with Crippen molar-refractivity contribution in [2.45, 2.75) is 12.8 Å². The van der Waals surface area contributed by atoms with Gasteiger partial charge in [0, 0.05) is 25.2 Å². The molecule has 0 radical (unpaired) electrons. The standard InChI is InChI=1S/C17H21NO5/c1-22-14-8-12(9-15(10-14)23-2)5-6-16(19)18-7-3-4-13(11-18)17(20)21/h5-6,8-10,13H,3-4,7,11H2,1-2H3,(H,20,21)/b6-5+. The van der Waals surface area contributed by atoms with E-state index in [1.165, 1.54) is 6.08 Å². The predicted molar refractivity (Wildman–Crippen MR) is 85.5 cm³/mol. The van der Waals surface area contributed by atoms with Crippen molar-refractivity contribution in [2.75, 3.05) is 27.3 Å². The SMILES string of the molecule is COc1cc(/C=C/C(=O)N2CCCC(C(=O)O)C2)cc(OC)c1. The van der Waals surface area contributed by atoms with Gasteiger partial charge < -0.3 is 19.5 Å². The highest BCUT2D eigenvalue weighted by molar-refractivity contribution is 5.92. The number of hydrogen-bond donors (Lipinski definition) is 1. The molecule has 2 rings (SSSR count). The van der Waals surface area contributed by atoms with Crippen molar-refractivity contribution >= 4 is 18.0 Å². The van der Waals surface area contributed by atoms with E-state index in [-0.39, 0.29) is 12.5 Å². The van der Waals surface area contributed by atoms with Gasteiger partial charge in [0.1, 0.15) is 11.5 Å². The van der Waals surface area contributed by atoms with Crippen molar-refractivity contribution in [3.05, 3.63) is 29.8 Å². The van der Waals surface area contributed by atoms with Gasteiger partial charge in [-0.2, -0.15) is 0 Å². The number of piperidine rings is 1. The van der Waals surface area contributed by atoms with Crippen LogP contribution in [0.15, 0.2) is 24.3 Å². The first-order chi connectivity index (χ1) is 11.0. The van der Waals surface area contributed by atoms with Crippen molar-refractivity contribution in [3.8, 4) is 11.5 Å². The average molecular weight is 319 g/mol. The van der Waals surface area contributed by atoms with Crippen LogP contribution >= 0.6 is 0 Å². The van der Waals surface area contributed by atoms with E-state index < -0.39 is 11.9 Å². The maximum absolute atomic E-state index is 12.2. The third-order valence-corrected chi connectivity index (χ3v) is 3.87. The zero-order chi connectivity index (χ0) is 16.8. The molecule has 1 saturated heterocycles. The number of carboxylic acid groups (broad SMARTS) is 1. The van der Waals surface area contributed by atoms with Gasteiger partial charge in [0.25, 0.3) is 0 Å². The highest BCUT2D eigenvalue weighted by Crippen LogP contribution is 2.23. The summed E-state index contributed by atoms with van der Waals surface area (Å²) in [4.78, 5) is 24.9. The summed E-state index contributed by atoms with van der Waals surface area (Å²) >= 11 is 0. The summed E-state index contributed by atoms with van der Waals surface area (Å²) in [7, 11) is 3.13. The third kappa shape index (κ3) is 4.48. The smallest absolute Gasteiger partial charge is 0.308 e. The number of ether oxygens (including phenoxy) is 2. The van der Waals surface area contributed by atoms with Crippen molar-refractivity contribution in [1.29, 1.82) is 0 Å². The first-order valence-corrected chi connectivity index (χ1v) is 7.46. The van der Waals surface area contributed by atoms with Crippen LogP contribution in [0.4, 0.5) is 0 Å². The third-order valence-electron chi connectivity index (χ3n) is 3.87. The summed E-state index contributed by atoms with van der Waals surface area (Å²) in [6, 6.07) is 5.34. The lowest BCUT2D eigenvalue weighted by atomic mass is 9.98. The van der Waals surface area contributed by atoms with Gasteiger partial charge in [0.05, 0.1) is 20.1 Å². The molecule has 1 aromatic carbocycles. The molecule has 1 aliphatic heterocycles. The highest BCUT2D eigenvalue weighted by atomic mass is 16.5. The number of aliphatic carboxylic acids is 1. The van der Waals surface area contributed by atoms with Gasteiger partial charge in [0.2, 0.25) is 5.91 Å². The topological polar surface area (TPSA) is 76.1 Å². The van der Waals surface area contributed by atoms with E-state index in [0.29, 0.717) is 30.9 Å². The number of hydrogen-bond acceptors (Lipinski definition) is 4. The lowest BCUT2D eigenvalue weighted by molar-refractivity contribution is -0.144. The van der Waals surface area contributed by atoms with Crippen LogP contribution < -0.4 is 9.47 Å². The minimum Gasteiger partial charge on any atom is -0.497 e. The van der Waals surface area contributed by atoms with Crippen molar-refractivity contribution in [1.82, 2.24) is 4.90 Å². The van der Waals surface area contributed by atoms with Crippen LogP contribution in [-0.4, -0.2) is 49.2 Å². The second-order valence-electron chi connectivity index (χ2n) is 5.44. The van der Waals surface area contributed by atoms with E-state index in [0.717, 1.165) is 5.56 Å². The molecule has 6 nitrogen and oxygen atoms in total. The van der Waals surface area contributed by atoms with Crippen molar-refractivity contribution < 1.29 is 24.2 Å². The summed E-state index contributed by atoms with van der Waals surface area (Å²) in [5.74, 6) is -0.222. The van der Waals surface area contributed by atoms with Gasteiger partial charge in [-0.05, 0) is 36.6 Å². The number of methoxy groups -OCH3 is 2. The Hall–Kier alpha value is -2.50. The van der Waals surface area contributed by atoms with Gasteiger partial charge in [-0.15, -0.1) is 0 Å². The van der Waals surface area contributed by atoms with Gasteiger partial charge in [-0.3, -0.25) is 9.59 Å². The minimum absolute atomic E-state index is 0.183. The number of carbonyl (C=O) groups excluding carboxylic acids is 1. The molecular weight excluding hydrogens is 298 g/mol. The Morgan fingerprint density at radius 3 is 2.43 bits per heavy atom. The zero-order valence-corrected chi connectivity index (χ0v) is 13.3. The quantitative estimate of drug-likeness (QED) is 0.841. The summed E-state index contributed by atoms with van der Waals surface area (Å²) in [5.41, 5.74) is 0.779. The van der Waals surface area contributed by atoms with Crippen LogP contribution in [0, 0.1) is 5.92 Å². The molecule has 23 heavy (non-hydrogen) atoms.